The van der Waals surface area contributed by atoms with Crippen LogP contribution in [0.3, 0.4) is 0 Å². The van der Waals surface area contributed by atoms with E-state index in [1.54, 1.807) is 0 Å². The second kappa shape index (κ2) is 6.49. The van der Waals surface area contributed by atoms with Gasteiger partial charge in [0.25, 0.3) is 0 Å². The highest BCUT2D eigenvalue weighted by molar-refractivity contribution is 5.25. The summed E-state index contributed by atoms with van der Waals surface area (Å²) in [6.07, 6.45) is 1.13. The first kappa shape index (κ1) is 13.0. The van der Waals surface area contributed by atoms with Crippen molar-refractivity contribution in [2.45, 2.75) is 39.2 Å². The molecule has 1 rings (SSSR count). The molecule has 0 spiro atoms. The molecule has 0 aliphatic rings. The zero-order valence-electron chi connectivity index (χ0n) is 10.7. The van der Waals surface area contributed by atoms with Gasteiger partial charge >= 0.3 is 0 Å². The van der Waals surface area contributed by atoms with Crippen LogP contribution in [0.15, 0.2) is 42.5 Å². The molecule has 1 aromatic carbocycles. The Hall–Kier alpha value is -1.08. The van der Waals surface area contributed by atoms with Crippen molar-refractivity contribution in [1.82, 2.24) is 5.32 Å². The van der Waals surface area contributed by atoms with Crippen LogP contribution in [0.4, 0.5) is 0 Å². The number of hydrogen-bond acceptors (Lipinski definition) is 1. The Morgan fingerprint density at radius 2 is 1.88 bits per heavy atom. The Labute approximate surface area is 99.6 Å². The van der Waals surface area contributed by atoms with Crippen LogP contribution >= 0.6 is 0 Å². The van der Waals surface area contributed by atoms with E-state index in [1.165, 1.54) is 11.1 Å². The van der Waals surface area contributed by atoms with Crippen molar-refractivity contribution in [3.63, 3.8) is 0 Å². The average Bonchev–Trinajstić information content (AvgIpc) is 2.30. The summed E-state index contributed by atoms with van der Waals surface area (Å²) in [5.41, 5.74) is 2.62. The third-order valence-electron chi connectivity index (χ3n) is 3.02. The molecule has 2 unspecified atom stereocenters. The summed E-state index contributed by atoms with van der Waals surface area (Å²) in [5, 5.41) is 3.53. The Bertz CT molecular complexity index is 315. The van der Waals surface area contributed by atoms with Gasteiger partial charge in [0.1, 0.15) is 0 Å². The molecule has 2 atom stereocenters. The van der Waals surface area contributed by atoms with Gasteiger partial charge in [-0.1, -0.05) is 56.3 Å². The van der Waals surface area contributed by atoms with Crippen molar-refractivity contribution < 1.29 is 0 Å². The Balaban J connectivity index is 2.91. The summed E-state index contributed by atoms with van der Waals surface area (Å²) in [6, 6.07) is 11.1. The minimum absolute atomic E-state index is 0.386. The molecule has 1 aromatic rings. The molecule has 16 heavy (non-hydrogen) atoms. The molecule has 0 radical (unpaired) electrons. The van der Waals surface area contributed by atoms with Gasteiger partial charge in [0.2, 0.25) is 0 Å². The fourth-order valence-electron chi connectivity index (χ4n) is 2.24. The zero-order valence-corrected chi connectivity index (χ0v) is 10.7. The van der Waals surface area contributed by atoms with Crippen molar-refractivity contribution in [1.29, 1.82) is 0 Å². The molecule has 0 heterocycles. The molecule has 0 saturated heterocycles. The molecular formula is C15H23N. The maximum Gasteiger partial charge on any atom is 0.0343 e. The summed E-state index contributed by atoms with van der Waals surface area (Å²) in [6.45, 7) is 11.6. The van der Waals surface area contributed by atoms with E-state index >= 15 is 0 Å². The maximum absolute atomic E-state index is 4.11. The average molecular weight is 217 g/mol. The van der Waals surface area contributed by atoms with Crippen LogP contribution in [-0.4, -0.2) is 12.6 Å². The van der Waals surface area contributed by atoms with Gasteiger partial charge in [-0.3, -0.25) is 0 Å². The van der Waals surface area contributed by atoms with Crippen LogP contribution in [-0.2, 0) is 0 Å². The standard InChI is InChI=1S/C15H23N/c1-5-14(13-10-8-7-9-11-13)15(12(3)4)16-6-2/h7-11,14-16H,3,5-6H2,1-2,4H3. The monoisotopic (exact) mass is 217 g/mol. The summed E-state index contributed by atoms with van der Waals surface area (Å²) in [7, 11) is 0. The molecule has 0 aromatic heterocycles. The number of hydrogen-bond donors (Lipinski definition) is 1. The third kappa shape index (κ3) is 3.21. The van der Waals surface area contributed by atoms with E-state index in [9.17, 15) is 0 Å². The van der Waals surface area contributed by atoms with E-state index in [0.29, 0.717) is 12.0 Å². The molecule has 0 aliphatic heterocycles. The van der Waals surface area contributed by atoms with Crippen LogP contribution < -0.4 is 5.32 Å². The van der Waals surface area contributed by atoms with Gasteiger partial charge < -0.3 is 5.32 Å². The minimum Gasteiger partial charge on any atom is -0.310 e. The molecular weight excluding hydrogens is 194 g/mol. The minimum atomic E-state index is 0.386. The Morgan fingerprint density at radius 3 is 2.31 bits per heavy atom. The van der Waals surface area contributed by atoms with Gasteiger partial charge in [0.15, 0.2) is 0 Å². The van der Waals surface area contributed by atoms with E-state index in [1.807, 2.05) is 0 Å². The highest BCUT2D eigenvalue weighted by atomic mass is 14.9. The molecule has 0 bridgehead atoms. The van der Waals surface area contributed by atoms with E-state index in [2.05, 4.69) is 63.0 Å². The normalized spacial score (nSPS) is 14.4. The van der Waals surface area contributed by atoms with Crippen LogP contribution in [0.5, 0.6) is 0 Å². The summed E-state index contributed by atoms with van der Waals surface area (Å²) >= 11 is 0. The largest absolute Gasteiger partial charge is 0.310 e. The molecule has 0 saturated carbocycles. The van der Waals surface area contributed by atoms with Gasteiger partial charge in [0, 0.05) is 12.0 Å². The predicted octanol–water partition coefficient (Wildman–Crippen LogP) is 3.73. The van der Waals surface area contributed by atoms with Crippen molar-refractivity contribution in [3.8, 4) is 0 Å². The third-order valence-corrected chi connectivity index (χ3v) is 3.02. The van der Waals surface area contributed by atoms with Crippen molar-refractivity contribution in [2.24, 2.45) is 0 Å². The highest BCUT2D eigenvalue weighted by Crippen LogP contribution is 2.26. The van der Waals surface area contributed by atoms with Gasteiger partial charge in [-0.25, -0.2) is 0 Å². The molecule has 0 aliphatic carbocycles. The molecule has 0 amide bonds. The van der Waals surface area contributed by atoms with Crippen LogP contribution in [0, 0.1) is 0 Å². The molecule has 1 N–H and O–H groups in total. The lowest BCUT2D eigenvalue weighted by Gasteiger charge is -2.28. The second-order valence-corrected chi connectivity index (χ2v) is 4.31. The van der Waals surface area contributed by atoms with Crippen molar-refractivity contribution in [3.05, 3.63) is 48.0 Å². The fraction of sp³-hybridized carbons (Fsp3) is 0.467. The SMILES string of the molecule is C=C(C)C(NCC)C(CC)c1ccccc1. The topological polar surface area (TPSA) is 12.0 Å². The summed E-state index contributed by atoms with van der Waals surface area (Å²) < 4.78 is 0. The first-order chi connectivity index (χ1) is 7.70. The lowest BCUT2D eigenvalue weighted by Crippen LogP contribution is -2.35. The van der Waals surface area contributed by atoms with E-state index in [0.717, 1.165) is 13.0 Å². The lowest BCUT2D eigenvalue weighted by atomic mass is 9.86. The first-order valence-corrected chi connectivity index (χ1v) is 6.14. The van der Waals surface area contributed by atoms with Crippen molar-refractivity contribution in [2.75, 3.05) is 6.54 Å². The second-order valence-electron chi connectivity index (χ2n) is 4.31. The summed E-state index contributed by atoms with van der Waals surface area (Å²) in [4.78, 5) is 0. The number of benzene rings is 1. The molecule has 0 fully saturated rings. The number of likely N-dealkylation sites (N-methyl/N-ethyl adjacent to an activating group) is 1. The lowest BCUT2D eigenvalue weighted by molar-refractivity contribution is 0.479. The maximum atomic E-state index is 4.11. The van der Waals surface area contributed by atoms with Gasteiger partial charge in [-0.05, 0) is 25.5 Å². The van der Waals surface area contributed by atoms with Crippen molar-refractivity contribution >= 4 is 0 Å². The molecule has 1 nitrogen and oxygen atoms in total. The first-order valence-electron chi connectivity index (χ1n) is 6.14. The fourth-order valence-corrected chi connectivity index (χ4v) is 2.24. The van der Waals surface area contributed by atoms with Crippen LogP contribution in [0.25, 0.3) is 0 Å². The highest BCUT2D eigenvalue weighted by Gasteiger charge is 2.20. The molecule has 88 valence electrons. The van der Waals surface area contributed by atoms with Gasteiger partial charge in [0.05, 0.1) is 0 Å². The van der Waals surface area contributed by atoms with E-state index < -0.39 is 0 Å². The predicted molar refractivity (Wildman–Crippen MR) is 71.8 cm³/mol. The number of nitrogens with one attached hydrogen (secondary N) is 1. The zero-order chi connectivity index (χ0) is 12.0. The van der Waals surface area contributed by atoms with Gasteiger partial charge in [-0.2, -0.15) is 0 Å². The smallest absolute Gasteiger partial charge is 0.0343 e. The number of rotatable bonds is 6. The summed E-state index contributed by atoms with van der Waals surface area (Å²) in [5.74, 6) is 0.527. The van der Waals surface area contributed by atoms with E-state index in [4.69, 9.17) is 0 Å². The van der Waals surface area contributed by atoms with E-state index in [-0.39, 0.29) is 0 Å². The quantitative estimate of drug-likeness (QED) is 0.716. The Morgan fingerprint density at radius 1 is 1.25 bits per heavy atom. The molecule has 1 heteroatoms. The van der Waals surface area contributed by atoms with Crippen LogP contribution in [0.1, 0.15) is 38.7 Å². The van der Waals surface area contributed by atoms with Gasteiger partial charge in [-0.15, -0.1) is 0 Å². The Kier molecular flexibility index (Phi) is 5.27. The van der Waals surface area contributed by atoms with Crippen LogP contribution in [0.2, 0.25) is 0 Å².